The molecule has 0 spiro atoms. The van der Waals surface area contributed by atoms with Gasteiger partial charge in [0.2, 0.25) is 0 Å². The Morgan fingerprint density at radius 1 is 1.36 bits per heavy atom. The van der Waals surface area contributed by atoms with Crippen LogP contribution >= 0.6 is 0 Å². The van der Waals surface area contributed by atoms with E-state index in [-0.39, 0.29) is 6.10 Å². The second-order valence-electron chi connectivity index (χ2n) is 4.06. The van der Waals surface area contributed by atoms with Crippen molar-refractivity contribution in [3.8, 4) is 0 Å². The van der Waals surface area contributed by atoms with Crippen LogP contribution in [0.15, 0.2) is 11.6 Å². The Morgan fingerprint density at radius 2 is 2.14 bits per heavy atom. The fraction of sp³-hybridized carbons (Fsp3) is 0.833. The van der Waals surface area contributed by atoms with Gasteiger partial charge < -0.3 is 10.4 Å². The summed E-state index contributed by atoms with van der Waals surface area (Å²) in [6.45, 7) is 3.71. The number of likely N-dealkylation sites (N-methyl/N-ethyl adjacent to an activating group) is 1. The SMILES string of the molecule is CCNCC(O)C1=CCCCCCC1. The molecule has 1 aliphatic carbocycles. The lowest BCUT2D eigenvalue weighted by molar-refractivity contribution is 0.202. The number of aliphatic hydroxyl groups excluding tert-OH is 1. The molecule has 0 saturated carbocycles. The van der Waals surface area contributed by atoms with Crippen molar-refractivity contribution in [1.82, 2.24) is 5.32 Å². The molecule has 1 unspecified atom stereocenters. The highest BCUT2D eigenvalue weighted by molar-refractivity contribution is 5.09. The molecule has 1 rings (SSSR count). The standard InChI is InChI=1S/C12H23NO/c1-2-13-10-12(14)11-8-6-4-3-5-7-9-11/h8,12-14H,2-7,9-10H2,1H3. The Hall–Kier alpha value is -0.340. The summed E-state index contributed by atoms with van der Waals surface area (Å²) in [5, 5.41) is 13.1. The maximum atomic E-state index is 9.89. The van der Waals surface area contributed by atoms with E-state index in [1.165, 1.54) is 31.3 Å². The summed E-state index contributed by atoms with van der Waals surface area (Å²) < 4.78 is 0. The second-order valence-corrected chi connectivity index (χ2v) is 4.06. The van der Waals surface area contributed by atoms with Crippen molar-refractivity contribution in [2.75, 3.05) is 13.1 Å². The third-order valence-corrected chi connectivity index (χ3v) is 2.84. The van der Waals surface area contributed by atoms with Crippen molar-refractivity contribution in [1.29, 1.82) is 0 Å². The summed E-state index contributed by atoms with van der Waals surface area (Å²) in [6, 6.07) is 0. The lowest BCUT2D eigenvalue weighted by atomic mass is 9.96. The minimum absolute atomic E-state index is 0.256. The second kappa shape index (κ2) is 7.02. The monoisotopic (exact) mass is 197 g/mol. The molecule has 0 bridgehead atoms. The van der Waals surface area contributed by atoms with E-state index in [4.69, 9.17) is 0 Å². The van der Waals surface area contributed by atoms with Crippen molar-refractivity contribution < 1.29 is 5.11 Å². The number of hydrogen-bond donors (Lipinski definition) is 2. The van der Waals surface area contributed by atoms with Crippen LogP contribution in [-0.4, -0.2) is 24.3 Å². The Labute approximate surface area is 87.4 Å². The van der Waals surface area contributed by atoms with Gasteiger partial charge in [-0.25, -0.2) is 0 Å². The van der Waals surface area contributed by atoms with Crippen molar-refractivity contribution in [2.24, 2.45) is 0 Å². The number of rotatable bonds is 4. The summed E-state index contributed by atoms with van der Waals surface area (Å²) in [7, 11) is 0. The van der Waals surface area contributed by atoms with Crippen LogP contribution in [0.3, 0.4) is 0 Å². The average molecular weight is 197 g/mol. The molecular formula is C12H23NO. The first kappa shape index (κ1) is 11.7. The molecule has 2 N–H and O–H groups in total. The normalized spacial score (nSPS) is 20.9. The van der Waals surface area contributed by atoms with Gasteiger partial charge in [-0.05, 0) is 37.8 Å². The largest absolute Gasteiger partial charge is 0.387 e. The van der Waals surface area contributed by atoms with Crippen molar-refractivity contribution in [2.45, 2.75) is 51.6 Å². The predicted octanol–water partition coefficient (Wildman–Crippen LogP) is 2.24. The number of allylic oxidation sites excluding steroid dienone is 1. The summed E-state index contributed by atoms with van der Waals surface area (Å²) in [4.78, 5) is 0. The number of hydrogen-bond acceptors (Lipinski definition) is 2. The zero-order valence-corrected chi connectivity index (χ0v) is 9.26. The summed E-state index contributed by atoms with van der Waals surface area (Å²) in [5.74, 6) is 0. The highest BCUT2D eigenvalue weighted by Gasteiger charge is 2.10. The molecule has 1 atom stereocenters. The highest BCUT2D eigenvalue weighted by atomic mass is 16.3. The highest BCUT2D eigenvalue weighted by Crippen LogP contribution is 2.19. The van der Waals surface area contributed by atoms with Gasteiger partial charge in [0.15, 0.2) is 0 Å². The number of nitrogens with one attached hydrogen (secondary N) is 1. The van der Waals surface area contributed by atoms with Gasteiger partial charge in [0.1, 0.15) is 0 Å². The van der Waals surface area contributed by atoms with Crippen LogP contribution in [0.2, 0.25) is 0 Å². The van der Waals surface area contributed by atoms with Gasteiger partial charge in [0.05, 0.1) is 6.10 Å². The zero-order chi connectivity index (χ0) is 10.2. The molecule has 0 amide bonds. The van der Waals surface area contributed by atoms with Gasteiger partial charge >= 0.3 is 0 Å². The molecule has 14 heavy (non-hydrogen) atoms. The van der Waals surface area contributed by atoms with Gasteiger partial charge in [0.25, 0.3) is 0 Å². The van der Waals surface area contributed by atoms with Crippen molar-refractivity contribution >= 4 is 0 Å². The third kappa shape index (κ3) is 4.25. The van der Waals surface area contributed by atoms with Gasteiger partial charge in [-0.15, -0.1) is 0 Å². The van der Waals surface area contributed by atoms with E-state index >= 15 is 0 Å². The van der Waals surface area contributed by atoms with E-state index < -0.39 is 0 Å². The molecule has 2 heteroatoms. The molecule has 0 fully saturated rings. The molecule has 1 aliphatic rings. The van der Waals surface area contributed by atoms with Gasteiger partial charge in [-0.1, -0.05) is 25.8 Å². The average Bonchev–Trinajstić information content (AvgIpc) is 2.13. The van der Waals surface area contributed by atoms with E-state index in [2.05, 4.69) is 18.3 Å². The molecule has 0 heterocycles. The van der Waals surface area contributed by atoms with Crippen LogP contribution < -0.4 is 5.32 Å². The van der Waals surface area contributed by atoms with Crippen LogP contribution in [0.1, 0.15) is 45.4 Å². The van der Waals surface area contributed by atoms with Crippen LogP contribution in [0.25, 0.3) is 0 Å². The maximum Gasteiger partial charge on any atom is 0.0874 e. The molecule has 2 nitrogen and oxygen atoms in total. The molecule has 0 aliphatic heterocycles. The minimum atomic E-state index is -0.256. The van der Waals surface area contributed by atoms with Gasteiger partial charge in [-0.3, -0.25) is 0 Å². The van der Waals surface area contributed by atoms with E-state index in [1.54, 1.807) is 0 Å². The zero-order valence-electron chi connectivity index (χ0n) is 9.26. The van der Waals surface area contributed by atoms with E-state index in [1.807, 2.05) is 0 Å². The molecule has 0 aromatic rings. The lowest BCUT2D eigenvalue weighted by Crippen LogP contribution is -2.28. The fourth-order valence-corrected chi connectivity index (χ4v) is 1.93. The van der Waals surface area contributed by atoms with Crippen molar-refractivity contribution in [3.05, 3.63) is 11.6 Å². The summed E-state index contributed by atoms with van der Waals surface area (Å²) >= 11 is 0. The first-order chi connectivity index (χ1) is 6.84. The van der Waals surface area contributed by atoms with E-state index in [9.17, 15) is 5.11 Å². The van der Waals surface area contributed by atoms with Gasteiger partial charge in [-0.2, -0.15) is 0 Å². The Balaban J connectivity index is 2.37. The van der Waals surface area contributed by atoms with Crippen LogP contribution in [0.4, 0.5) is 0 Å². The minimum Gasteiger partial charge on any atom is -0.387 e. The summed E-state index contributed by atoms with van der Waals surface area (Å²) in [5.41, 5.74) is 1.26. The van der Waals surface area contributed by atoms with Crippen LogP contribution in [0.5, 0.6) is 0 Å². The third-order valence-electron chi connectivity index (χ3n) is 2.84. The smallest absolute Gasteiger partial charge is 0.0874 e. The van der Waals surface area contributed by atoms with Crippen molar-refractivity contribution in [3.63, 3.8) is 0 Å². The first-order valence-electron chi connectivity index (χ1n) is 5.92. The maximum absolute atomic E-state index is 9.89. The molecular weight excluding hydrogens is 174 g/mol. The molecule has 0 aromatic heterocycles. The van der Waals surface area contributed by atoms with Crippen LogP contribution in [-0.2, 0) is 0 Å². The topological polar surface area (TPSA) is 32.3 Å². The molecule has 0 radical (unpaired) electrons. The summed E-state index contributed by atoms with van der Waals surface area (Å²) in [6.07, 6.45) is 9.45. The predicted molar refractivity (Wildman–Crippen MR) is 60.3 cm³/mol. The fourth-order valence-electron chi connectivity index (χ4n) is 1.93. The van der Waals surface area contributed by atoms with E-state index in [0.29, 0.717) is 6.54 Å². The molecule has 82 valence electrons. The Kier molecular flexibility index (Phi) is 5.88. The Bertz CT molecular complexity index is 177. The first-order valence-corrected chi connectivity index (χ1v) is 5.92. The number of aliphatic hydroxyl groups is 1. The molecule has 0 aromatic carbocycles. The quantitative estimate of drug-likeness (QED) is 0.677. The van der Waals surface area contributed by atoms with Gasteiger partial charge in [0, 0.05) is 6.54 Å². The van der Waals surface area contributed by atoms with Crippen LogP contribution in [0, 0.1) is 0 Å². The Morgan fingerprint density at radius 3 is 2.93 bits per heavy atom. The molecule has 0 saturated heterocycles. The van der Waals surface area contributed by atoms with E-state index in [0.717, 1.165) is 19.4 Å². The lowest BCUT2D eigenvalue weighted by Gasteiger charge is -2.17.